The molecule has 0 N–H and O–H groups in total. The molecular formula is C9H12SZn. The third kappa shape index (κ3) is 2.61. The van der Waals surface area contributed by atoms with Crippen LogP contribution in [0.15, 0.2) is 17.0 Å². The van der Waals surface area contributed by atoms with Crippen LogP contribution in [-0.4, -0.2) is 0 Å². The van der Waals surface area contributed by atoms with Crippen LogP contribution in [-0.2, 0) is 19.5 Å². The first-order valence-electron chi connectivity index (χ1n) is 3.38. The fourth-order valence-electron chi connectivity index (χ4n) is 0.945. The van der Waals surface area contributed by atoms with Gasteiger partial charge in [0.05, 0.1) is 0 Å². The van der Waals surface area contributed by atoms with E-state index < -0.39 is 0 Å². The molecule has 0 fully saturated rings. The van der Waals surface area contributed by atoms with E-state index in [1.54, 1.807) is 0 Å². The molecule has 0 spiro atoms. The quantitative estimate of drug-likeness (QED) is 0.502. The van der Waals surface area contributed by atoms with Crippen molar-refractivity contribution >= 4 is 12.6 Å². The van der Waals surface area contributed by atoms with Gasteiger partial charge in [-0.2, -0.15) is 0 Å². The van der Waals surface area contributed by atoms with Gasteiger partial charge in [0.1, 0.15) is 0 Å². The van der Waals surface area contributed by atoms with Gasteiger partial charge < -0.3 is 0 Å². The molecule has 2 heteroatoms. The normalized spacial score (nSPS) is 9.09. The summed E-state index contributed by atoms with van der Waals surface area (Å²) in [6.45, 7) is 6.30. The summed E-state index contributed by atoms with van der Waals surface area (Å²) < 4.78 is 0. The van der Waals surface area contributed by atoms with Crippen LogP contribution >= 0.6 is 12.6 Å². The predicted molar refractivity (Wildman–Crippen MR) is 47.9 cm³/mol. The van der Waals surface area contributed by atoms with Crippen LogP contribution in [0, 0.1) is 20.8 Å². The topological polar surface area (TPSA) is 0 Å². The SMILES string of the molecule is Cc1cc(C)c(S)cc1C.[Zn]. The van der Waals surface area contributed by atoms with Crippen molar-refractivity contribution in [1.29, 1.82) is 0 Å². The Morgan fingerprint density at radius 2 is 1.36 bits per heavy atom. The average Bonchev–Trinajstić information content (AvgIpc) is 1.84. The van der Waals surface area contributed by atoms with Crippen LogP contribution in [0.4, 0.5) is 0 Å². The van der Waals surface area contributed by atoms with Gasteiger partial charge in [-0.3, -0.25) is 0 Å². The second-order valence-corrected chi connectivity index (χ2v) is 3.20. The average molecular weight is 218 g/mol. The van der Waals surface area contributed by atoms with Gasteiger partial charge >= 0.3 is 0 Å². The minimum atomic E-state index is 0. The first-order chi connectivity index (χ1) is 4.61. The van der Waals surface area contributed by atoms with Gasteiger partial charge in [-0.25, -0.2) is 0 Å². The van der Waals surface area contributed by atoms with Crippen molar-refractivity contribution < 1.29 is 19.5 Å². The number of benzene rings is 1. The molecule has 0 nitrogen and oxygen atoms in total. The number of aryl methyl sites for hydroxylation is 3. The largest absolute Gasteiger partial charge is 0.143 e. The summed E-state index contributed by atoms with van der Waals surface area (Å²) in [7, 11) is 0. The molecule has 0 radical (unpaired) electrons. The van der Waals surface area contributed by atoms with Crippen molar-refractivity contribution in [3.8, 4) is 0 Å². The first kappa shape index (κ1) is 11.2. The van der Waals surface area contributed by atoms with Crippen molar-refractivity contribution in [2.45, 2.75) is 25.7 Å². The Morgan fingerprint density at radius 1 is 0.909 bits per heavy atom. The predicted octanol–water partition coefficient (Wildman–Crippen LogP) is 2.90. The smallest absolute Gasteiger partial charge is 0.00720 e. The van der Waals surface area contributed by atoms with E-state index in [2.05, 4.69) is 45.5 Å². The molecular weight excluding hydrogens is 206 g/mol. The van der Waals surface area contributed by atoms with Gasteiger partial charge in [-0.05, 0) is 43.5 Å². The Balaban J connectivity index is 0.000001000. The van der Waals surface area contributed by atoms with Crippen molar-refractivity contribution in [2.24, 2.45) is 0 Å². The zero-order chi connectivity index (χ0) is 7.72. The molecule has 1 aromatic carbocycles. The standard InChI is InChI=1S/C9H12S.Zn/c1-6-4-8(3)9(10)5-7(6)2;/h4-5,10H,1-3H3;. The second kappa shape index (κ2) is 4.28. The third-order valence-electron chi connectivity index (χ3n) is 1.81. The fourth-order valence-corrected chi connectivity index (χ4v) is 1.20. The van der Waals surface area contributed by atoms with Crippen molar-refractivity contribution in [1.82, 2.24) is 0 Å². The maximum Gasteiger partial charge on any atom is 0.00720 e. The molecule has 0 aliphatic carbocycles. The molecule has 56 valence electrons. The van der Waals surface area contributed by atoms with Crippen LogP contribution in [0.3, 0.4) is 0 Å². The van der Waals surface area contributed by atoms with E-state index in [1.807, 2.05) is 0 Å². The van der Waals surface area contributed by atoms with Gasteiger partial charge in [-0.1, -0.05) is 6.07 Å². The first-order valence-corrected chi connectivity index (χ1v) is 3.83. The van der Waals surface area contributed by atoms with Crippen LogP contribution in [0.5, 0.6) is 0 Å². The Labute approximate surface area is 86.6 Å². The Morgan fingerprint density at radius 3 is 1.82 bits per heavy atom. The fraction of sp³-hybridized carbons (Fsp3) is 0.333. The zero-order valence-electron chi connectivity index (χ0n) is 7.31. The maximum absolute atomic E-state index is 4.31. The monoisotopic (exact) mass is 216 g/mol. The molecule has 0 saturated carbocycles. The number of hydrogen-bond donors (Lipinski definition) is 1. The molecule has 0 aromatic heterocycles. The summed E-state index contributed by atoms with van der Waals surface area (Å²) in [4.78, 5) is 1.09. The molecule has 0 heterocycles. The molecule has 0 aliphatic heterocycles. The van der Waals surface area contributed by atoms with E-state index in [1.165, 1.54) is 16.7 Å². The summed E-state index contributed by atoms with van der Waals surface area (Å²) in [6, 6.07) is 4.27. The third-order valence-corrected chi connectivity index (χ3v) is 2.29. The number of rotatable bonds is 0. The van der Waals surface area contributed by atoms with Crippen molar-refractivity contribution in [3.63, 3.8) is 0 Å². The summed E-state index contributed by atoms with van der Waals surface area (Å²) >= 11 is 4.31. The summed E-state index contributed by atoms with van der Waals surface area (Å²) in [5, 5.41) is 0. The number of thiol groups is 1. The molecule has 0 unspecified atom stereocenters. The molecule has 0 atom stereocenters. The van der Waals surface area contributed by atoms with E-state index in [9.17, 15) is 0 Å². The van der Waals surface area contributed by atoms with Gasteiger partial charge in [0, 0.05) is 24.4 Å². The Kier molecular flexibility index (Phi) is 4.35. The maximum atomic E-state index is 4.31. The van der Waals surface area contributed by atoms with Gasteiger partial charge in [0.25, 0.3) is 0 Å². The molecule has 1 rings (SSSR count). The molecule has 0 amide bonds. The van der Waals surface area contributed by atoms with Gasteiger partial charge in [-0.15, -0.1) is 12.6 Å². The Bertz CT molecular complexity index is 206. The number of hydrogen-bond acceptors (Lipinski definition) is 1. The van der Waals surface area contributed by atoms with Crippen molar-refractivity contribution in [2.75, 3.05) is 0 Å². The molecule has 1 aromatic rings. The summed E-state index contributed by atoms with van der Waals surface area (Å²) in [6.07, 6.45) is 0. The molecule has 11 heavy (non-hydrogen) atoms. The van der Waals surface area contributed by atoms with Crippen LogP contribution < -0.4 is 0 Å². The zero-order valence-corrected chi connectivity index (χ0v) is 11.2. The Hall–Kier alpha value is 0.193. The molecule has 0 bridgehead atoms. The van der Waals surface area contributed by atoms with E-state index >= 15 is 0 Å². The summed E-state index contributed by atoms with van der Waals surface area (Å²) in [5.74, 6) is 0. The van der Waals surface area contributed by atoms with E-state index in [0.717, 1.165) is 4.90 Å². The van der Waals surface area contributed by atoms with E-state index in [0.29, 0.717) is 0 Å². The van der Waals surface area contributed by atoms with Crippen LogP contribution in [0.1, 0.15) is 16.7 Å². The van der Waals surface area contributed by atoms with Crippen LogP contribution in [0.2, 0.25) is 0 Å². The van der Waals surface area contributed by atoms with Gasteiger partial charge in [0.15, 0.2) is 0 Å². The van der Waals surface area contributed by atoms with E-state index in [4.69, 9.17) is 0 Å². The van der Waals surface area contributed by atoms with Crippen LogP contribution in [0.25, 0.3) is 0 Å². The molecule has 0 saturated heterocycles. The summed E-state index contributed by atoms with van der Waals surface area (Å²) in [5.41, 5.74) is 3.91. The van der Waals surface area contributed by atoms with Crippen molar-refractivity contribution in [3.05, 3.63) is 28.8 Å². The minimum Gasteiger partial charge on any atom is -0.143 e. The molecule has 0 aliphatic rings. The second-order valence-electron chi connectivity index (χ2n) is 2.72. The van der Waals surface area contributed by atoms with Gasteiger partial charge in [0.2, 0.25) is 0 Å². The van der Waals surface area contributed by atoms with E-state index in [-0.39, 0.29) is 19.5 Å². The minimum absolute atomic E-state index is 0.